The van der Waals surface area contributed by atoms with E-state index >= 15 is 0 Å². The number of benzene rings is 2. The Labute approximate surface area is 319 Å². The number of hydrogen-bond acceptors (Lipinski definition) is 9. The average Bonchev–Trinajstić information content (AvgIpc) is 3.17. The van der Waals surface area contributed by atoms with E-state index in [9.17, 15) is 45.5 Å². The summed E-state index contributed by atoms with van der Waals surface area (Å²) in [4.78, 5) is 56.3. The quantitative estimate of drug-likeness (QED) is 0.0538. The first kappa shape index (κ1) is 44.6. The molecule has 4 aromatic rings. The van der Waals surface area contributed by atoms with Crippen LogP contribution in [0.2, 0.25) is 0 Å². The molecule has 4 rings (SSSR count). The smallest absolute Gasteiger partial charge is 0.256 e. The largest absolute Gasteiger partial charge is 0.480 e. The molecule has 2 heterocycles. The SMILES string of the molecule is CCCCC[C@H](NC(=O)c1cccnc1F)C(=O)COc1c(F)cccc1F.NCCCC[C@H](NC(=O)c1cccnc1F)C(=O)COc1c(F)cccc1F. The van der Waals surface area contributed by atoms with Gasteiger partial charge in [-0.2, -0.15) is 8.78 Å². The molecule has 4 N–H and O–H groups in total. The summed E-state index contributed by atoms with van der Waals surface area (Å²) in [6.07, 6.45) is 6.36. The van der Waals surface area contributed by atoms with Gasteiger partial charge in [0.2, 0.25) is 11.9 Å². The van der Waals surface area contributed by atoms with Gasteiger partial charge in [0.1, 0.15) is 13.2 Å². The highest BCUT2D eigenvalue weighted by molar-refractivity contribution is 5.99. The van der Waals surface area contributed by atoms with Gasteiger partial charge in [0.15, 0.2) is 46.3 Å². The van der Waals surface area contributed by atoms with E-state index in [2.05, 4.69) is 20.6 Å². The van der Waals surface area contributed by atoms with Crippen molar-refractivity contribution in [3.63, 3.8) is 0 Å². The number of amides is 2. The lowest BCUT2D eigenvalue weighted by molar-refractivity contribution is -0.123. The fraction of sp³-hybridized carbons (Fsp3) is 0.333. The van der Waals surface area contributed by atoms with Crippen LogP contribution in [0.4, 0.5) is 26.3 Å². The Kier molecular flexibility index (Phi) is 18.4. The normalized spacial score (nSPS) is 11.7. The number of nitrogens with zero attached hydrogens (tertiary/aromatic N) is 2. The molecule has 0 bridgehead atoms. The molecule has 0 aliphatic carbocycles. The standard InChI is InChI=1S/C20H21F3N2O3.C19H20F3N3O3/c1-2-3-4-10-16(25-20(27)13-7-6-11-24-19(13)23)17(26)12-28-18-14(21)8-5-9-15(18)22;20-13-6-3-7-14(21)17(13)28-11-16(26)15(8-1-2-9-23)25-19(27)12-5-4-10-24-18(12)22/h5-9,11,16H,2-4,10,12H2,1H3,(H,25,27);3-7,10,15H,1-2,8-9,11,23H2,(H,25,27)/t16-;15-/m00/s1. The summed E-state index contributed by atoms with van der Waals surface area (Å²) >= 11 is 0. The molecular weight excluding hydrogens is 748 g/mol. The molecule has 0 radical (unpaired) electrons. The van der Waals surface area contributed by atoms with Gasteiger partial charge < -0.3 is 25.8 Å². The topological polar surface area (TPSA) is 163 Å². The number of rotatable bonds is 20. The maximum Gasteiger partial charge on any atom is 0.256 e. The third-order valence-electron chi connectivity index (χ3n) is 7.99. The van der Waals surface area contributed by atoms with Gasteiger partial charge in [-0.1, -0.05) is 38.3 Å². The van der Waals surface area contributed by atoms with Crippen LogP contribution in [-0.4, -0.2) is 65.2 Å². The van der Waals surface area contributed by atoms with Crippen LogP contribution in [0.3, 0.4) is 0 Å². The molecule has 17 heteroatoms. The van der Waals surface area contributed by atoms with Crippen LogP contribution in [0.1, 0.15) is 72.6 Å². The van der Waals surface area contributed by atoms with Crippen molar-refractivity contribution in [2.75, 3.05) is 19.8 Å². The summed E-state index contributed by atoms with van der Waals surface area (Å²) in [7, 11) is 0. The van der Waals surface area contributed by atoms with Gasteiger partial charge in [-0.25, -0.2) is 27.5 Å². The van der Waals surface area contributed by atoms with Crippen LogP contribution in [0, 0.1) is 35.2 Å². The van der Waals surface area contributed by atoms with Gasteiger partial charge in [-0.3, -0.25) is 19.2 Å². The van der Waals surface area contributed by atoms with Crippen molar-refractivity contribution >= 4 is 23.4 Å². The predicted octanol–water partition coefficient (Wildman–Crippen LogP) is 6.20. The van der Waals surface area contributed by atoms with Crippen LogP contribution in [-0.2, 0) is 9.59 Å². The minimum atomic E-state index is -1.03. The number of nitrogens with one attached hydrogen (secondary N) is 2. The number of halogens is 6. The van der Waals surface area contributed by atoms with Crippen LogP contribution in [0.5, 0.6) is 11.5 Å². The maximum atomic E-state index is 13.7. The van der Waals surface area contributed by atoms with Crippen molar-refractivity contribution in [2.45, 2.75) is 64.0 Å². The van der Waals surface area contributed by atoms with Gasteiger partial charge in [-0.15, -0.1) is 0 Å². The molecular formula is C39H41F6N5O6. The second-order valence-electron chi connectivity index (χ2n) is 12.1. The highest BCUT2D eigenvalue weighted by Gasteiger charge is 2.26. The van der Waals surface area contributed by atoms with Gasteiger partial charge in [0, 0.05) is 12.4 Å². The summed E-state index contributed by atoms with van der Waals surface area (Å²) in [6, 6.07) is 9.59. The monoisotopic (exact) mass is 789 g/mol. The number of ether oxygens (including phenoxy) is 2. The molecule has 0 aliphatic heterocycles. The molecule has 0 saturated heterocycles. The Bertz CT molecular complexity index is 1760. The molecule has 300 valence electrons. The predicted molar refractivity (Wildman–Crippen MR) is 192 cm³/mol. The molecule has 56 heavy (non-hydrogen) atoms. The van der Waals surface area contributed by atoms with E-state index in [1.165, 1.54) is 42.7 Å². The van der Waals surface area contributed by atoms with E-state index in [0.717, 1.165) is 43.2 Å². The second-order valence-corrected chi connectivity index (χ2v) is 12.1. The lowest BCUT2D eigenvalue weighted by Crippen LogP contribution is -2.43. The molecule has 11 nitrogen and oxygen atoms in total. The van der Waals surface area contributed by atoms with Gasteiger partial charge in [0.25, 0.3) is 11.8 Å². The van der Waals surface area contributed by atoms with Crippen LogP contribution >= 0.6 is 0 Å². The Morgan fingerprint density at radius 1 is 0.607 bits per heavy atom. The molecule has 0 unspecified atom stereocenters. The fourth-order valence-electron chi connectivity index (χ4n) is 5.03. The van der Waals surface area contributed by atoms with E-state index in [4.69, 9.17) is 15.2 Å². The minimum Gasteiger partial charge on any atom is -0.480 e. The lowest BCUT2D eigenvalue weighted by Gasteiger charge is -2.18. The van der Waals surface area contributed by atoms with Crippen LogP contribution < -0.4 is 25.8 Å². The molecule has 0 aliphatic rings. The maximum absolute atomic E-state index is 13.7. The highest BCUT2D eigenvalue weighted by Crippen LogP contribution is 2.22. The van der Waals surface area contributed by atoms with E-state index in [0.29, 0.717) is 32.2 Å². The summed E-state index contributed by atoms with van der Waals surface area (Å²) < 4.78 is 91.8. The first-order chi connectivity index (χ1) is 26.9. The number of para-hydroxylation sites is 2. The first-order valence-corrected chi connectivity index (χ1v) is 17.6. The number of unbranched alkanes of at least 4 members (excludes halogenated alkanes) is 3. The van der Waals surface area contributed by atoms with Crippen molar-refractivity contribution in [1.82, 2.24) is 20.6 Å². The first-order valence-electron chi connectivity index (χ1n) is 17.6. The number of Topliss-reactive ketones (excluding diaryl/α,β-unsaturated/α-hetero) is 2. The molecule has 2 amide bonds. The van der Waals surface area contributed by atoms with Gasteiger partial charge in [-0.05, 0) is 80.8 Å². The number of aromatic nitrogens is 2. The minimum absolute atomic E-state index is 0.215. The summed E-state index contributed by atoms with van der Waals surface area (Å²) in [5, 5.41) is 4.88. The average molecular weight is 790 g/mol. The zero-order valence-electron chi connectivity index (χ0n) is 30.3. The van der Waals surface area contributed by atoms with Crippen molar-refractivity contribution in [1.29, 1.82) is 0 Å². The molecule has 2 atom stereocenters. The van der Waals surface area contributed by atoms with Crippen molar-refractivity contribution in [2.24, 2.45) is 5.73 Å². The molecule has 2 aromatic heterocycles. The number of nitrogens with two attached hydrogens (primary N) is 1. The molecule has 0 spiro atoms. The Morgan fingerprint density at radius 2 is 1.00 bits per heavy atom. The number of ketones is 2. The Morgan fingerprint density at radius 3 is 1.36 bits per heavy atom. The zero-order chi connectivity index (χ0) is 41.0. The van der Waals surface area contributed by atoms with Gasteiger partial charge in [0.05, 0.1) is 23.2 Å². The summed E-state index contributed by atoms with van der Waals surface area (Å²) in [6.45, 7) is 1.07. The van der Waals surface area contributed by atoms with E-state index in [-0.39, 0.29) is 17.5 Å². The zero-order valence-corrected chi connectivity index (χ0v) is 30.3. The number of pyridine rings is 2. The fourth-order valence-corrected chi connectivity index (χ4v) is 5.03. The third-order valence-corrected chi connectivity index (χ3v) is 7.99. The van der Waals surface area contributed by atoms with Gasteiger partial charge >= 0.3 is 0 Å². The molecule has 2 aromatic carbocycles. The Balaban J connectivity index is 0.000000300. The van der Waals surface area contributed by atoms with Crippen LogP contribution in [0.25, 0.3) is 0 Å². The highest BCUT2D eigenvalue weighted by atomic mass is 19.2. The van der Waals surface area contributed by atoms with Crippen molar-refractivity contribution in [3.8, 4) is 11.5 Å². The number of hydrogen-bond donors (Lipinski definition) is 3. The molecule has 0 fully saturated rings. The summed E-state index contributed by atoms with van der Waals surface area (Å²) in [5.41, 5.74) is 4.82. The lowest BCUT2D eigenvalue weighted by atomic mass is 10.0. The van der Waals surface area contributed by atoms with E-state index in [1.54, 1.807) is 0 Å². The Hall–Kier alpha value is -5.84. The van der Waals surface area contributed by atoms with Crippen molar-refractivity contribution in [3.05, 3.63) is 119 Å². The van der Waals surface area contributed by atoms with E-state index < -0.39 is 95.3 Å². The van der Waals surface area contributed by atoms with E-state index in [1.807, 2.05) is 6.92 Å². The second kappa shape index (κ2) is 23.2. The van der Waals surface area contributed by atoms with Crippen molar-refractivity contribution < 1.29 is 55.0 Å². The number of carbonyl (C=O) groups excluding carboxylic acids is 4. The third kappa shape index (κ3) is 13.8. The molecule has 0 saturated carbocycles. The van der Waals surface area contributed by atoms with Crippen LogP contribution in [0.15, 0.2) is 73.1 Å². The number of carbonyl (C=O) groups is 4. The summed E-state index contributed by atoms with van der Waals surface area (Å²) in [5.74, 6) is -9.84.